The second-order valence-electron chi connectivity index (χ2n) is 9.93. The number of nitrogens with zero attached hydrogens (tertiary/aromatic N) is 2. The van der Waals surface area contributed by atoms with Gasteiger partial charge in [0.25, 0.3) is 0 Å². The van der Waals surface area contributed by atoms with Gasteiger partial charge in [0.15, 0.2) is 0 Å². The van der Waals surface area contributed by atoms with Crippen molar-refractivity contribution in [1.82, 2.24) is 20.4 Å². The van der Waals surface area contributed by atoms with E-state index in [2.05, 4.69) is 34.4 Å². The van der Waals surface area contributed by atoms with Crippen LogP contribution in [0.3, 0.4) is 0 Å². The van der Waals surface area contributed by atoms with Gasteiger partial charge in [-0.05, 0) is 77.4 Å². The minimum atomic E-state index is -0.744. The maximum absolute atomic E-state index is 14.3. The number of nitrogens with one attached hydrogen (secondary N) is 2. The lowest BCUT2D eigenvalue weighted by Gasteiger charge is -2.37. The molecule has 2 N–H and O–H groups in total. The highest BCUT2D eigenvalue weighted by molar-refractivity contribution is 5.82. The van der Waals surface area contributed by atoms with Crippen LogP contribution in [-0.4, -0.2) is 79.3 Å². The van der Waals surface area contributed by atoms with Gasteiger partial charge in [0.05, 0.1) is 6.04 Å². The summed E-state index contributed by atoms with van der Waals surface area (Å²) in [7, 11) is 2.21. The van der Waals surface area contributed by atoms with Gasteiger partial charge in [-0.1, -0.05) is 6.92 Å². The predicted molar refractivity (Wildman–Crippen MR) is 110 cm³/mol. The average Bonchev–Trinajstić information content (AvgIpc) is 3.04. The quantitative estimate of drug-likeness (QED) is 0.770. The molecule has 7 unspecified atom stereocenters. The molecule has 0 aromatic rings. The number of fused-ring (bicyclic) bond motifs is 1. The zero-order valence-electron chi connectivity index (χ0n) is 17.7. The smallest absolute Gasteiger partial charge is 0.237 e. The number of hydrogen-bond donors (Lipinski definition) is 2. The van der Waals surface area contributed by atoms with E-state index in [-0.39, 0.29) is 30.0 Å². The predicted octanol–water partition coefficient (Wildman–Crippen LogP) is 2.17. The van der Waals surface area contributed by atoms with E-state index in [1.54, 1.807) is 0 Å². The van der Waals surface area contributed by atoms with Crippen LogP contribution in [0.5, 0.6) is 0 Å². The van der Waals surface area contributed by atoms with E-state index in [0.717, 1.165) is 32.4 Å². The molecule has 0 aromatic carbocycles. The molecule has 7 atom stereocenters. The van der Waals surface area contributed by atoms with Gasteiger partial charge < -0.3 is 15.5 Å². The summed E-state index contributed by atoms with van der Waals surface area (Å²) in [6.07, 6.45) is 7.34. The van der Waals surface area contributed by atoms with Crippen molar-refractivity contribution in [2.75, 3.05) is 33.2 Å². The highest BCUT2D eigenvalue weighted by Crippen LogP contribution is 2.38. The van der Waals surface area contributed by atoms with Gasteiger partial charge in [0.1, 0.15) is 6.17 Å². The van der Waals surface area contributed by atoms with Crippen LogP contribution in [0.15, 0.2) is 0 Å². The van der Waals surface area contributed by atoms with Gasteiger partial charge in [0.2, 0.25) is 5.91 Å². The second kappa shape index (κ2) is 8.97. The van der Waals surface area contributed by atoms with E-state index in [1.807, 2.05) is 0 Å². The van der Waals surface area contributed by atoms with Crippen LogP contribution >= 0.6 is 0 Å². The highest BCUT2D eigenvalue weighted by atomic mass is 19.1. The highest BCUT2D eigenvalue weighted by Gasteiger charge is 2.46. The van der Waals surface area contributed by atoms with Gasteiger partial charge in [-0.2, -0.15) is 0 Å². The summed E-state index contributed by atoms with van der Waals surface area (Å²) in [5, 5.41) is 6.81. The van der Waals surface area contributed by atoms with Crippen molar-refractivity contribution in [3.8, 4) is 0 Å². The molecular formula is C22H39FN4O. The van der Waals surface area contributed by atoms with Crippen molar-refractivity contribution in [3.63, 3.8) is 0 Å². The molecule has 160 valence electrons. The summed E-state index contributed by atoms with van der Waals surface area (Å²) in [5.74, 6) is 0.595. The fraction of sp³-hybridized carbons (Fsp3) is 0.955. The zero-order chi connectivity index (χ0) is 19.7. The van der Waals surface area contributed by atoms with Gasteiger partial charge in [-0.25, -0.2) is 4.39 Å². The average molecular weight is 395 g/mol. The number of halogens is 1. The number of hydrogen-bond acceptors (Lipinski definition) is 4. The summed E-state index contributed by atoms with van der Waals surface area (Å²) in [4.78, 5) is 18.0. The standard InChI is InChI=1S/C22H39FN4O/c1-15-7-8-19(23)18-14-20(25-21(15)18)22(28)24-16-5-3-6-17(13-16)27-10-4-9-26(2)11-12-27/h15-21,25H,3-14H2,1-2H3,(H,24,28). The first-order chi connectivity index (χ1) is 13.5. The molecule has 2 saturated heterocycles. The molecule has 6 heteroatoms. The minimum Gasteiger partial charge on any atom is -0.352 e. The third kappa shape index (κ3) is 4.54. The van der Waals surface area contributed by atoms with Crippen LogP contribution in [0, 0.1) is 11.8 Å². The molecular weight excluding hydrogens is 355 g/mol. The maximum atomic E-state index is 14.3. The Balaban J connectivity index is 1.29. The number of likely N-dealkylation sites (N-methyl/N-ethyl adjacent to an activating group) is 1. The number of amides is 1. The van der Waals surface area contributed by atoms with E-state index < -0.39 is 6.17 Å². The Morgan fingerprint density at radius 2 is 1.89 bits per heavy atom. The Morgan fingerprint density at radius 1 is 1.04 bits per heavy atom. The number of carbonyl (C=O) groups is 1. The molecule has 2 aliphatic heterocycles. The normalized spacial score (nSPS) is 43.3. The molecule has 2 aliphatic carbocycles. The van der Waals surface area contributed by atoms with Crippen LogP contribution in [-0.2, 0) is 4.79 Å². The fourth-order valence-electron chi connectivity index (χ4n) is 6.16. The molecule has 1 amide bonds. The third-order valence-electron chi connectivity index (χ3n) is 7.92. The number of alkyl halides is 1. The minimum absolute atomic E-state index is 0.0210. The van der Waals surface area contributed by atoms with Crippen LogP contribution < -0.4 is 10.6 Å². The maximum Gasteiger partial charge on any atom is 0.237 e. The van der Waals surface area contributed by atoms with Crippen LogP contribution in [0.4, 0.5) is 4.39 Å². The van der Waals surface area contributed by atoms with E-state index >= 15 is 0 Å². The Labute approximate surface area is 169 Å². The molecule has 0 aromatic heterocycles. The summed E-state index contributed by atoms with van der Waals surface area (Å²) in [6.45, 7) is 6.85. The SMILES string of the molecule is CC1CCC(F)C2CC(C(=O)NC3CCCC(N4CCCN(C)CC4)C3)NC12. The van der Waals surface area contributed by atoms with E-state index in [9.17, 15) is 9.18 Å². The molecule has 4 rings (SSSR count). The Hall–Kier alpha value is -0.720. The molecule has 2 heterocycles. The first-order valence-corrected chi connectivity index (χ1v) is 11.6. The second-order valence-corrected chi connectivity index (χ2v) is 9.93. The van der Waals surface area contributed by atoms with Gasteiger partial charge in [-0.15, -0.1) is 0 Å². The van der Waals surface area contributed by atoms with Crippen LogP contribution in [0.2, 0.25) is 0 Å². The van der Waals surface area contributed by atoms with Crippen molar-refractivity contribution in [2.45, 2.75) is 88.6 Å². The van der Waals surface area contributed by atoms with E-state index in [1.165, 1.54) is 32.4 Å². The molecule has 0 spiro atoms. The first-order valence-electron chi connectivity index (χ1n) is 11.6. The molecule has 28 heavy (non-hydrogen) atoms. The van der Waals surface area contributed by atoms with Crippen molar-refractivity contribution in [1.29, 1.82) is 0 Å². The molecule has 2 saturated carbocycles. The Morgan fingerprint density at radius 3 is 2.71 bits per heavy atom. The lowest BCUT2D eigenvalue weighted by molar-refractivity contribution is -0.124. The molecule has 4 fully saturated rings. The summed E-state index contributed by atoms with van der Waals surface area (Å²) in [5.41, 5.74) is 0. The summed E-state index contributed by atoms with van der Waals surface area (Å²) in [6, 6.07) is 0.837. The Kier molecular flexibility index (Phi) is 6.58. The van der Waals surface area contributed by atoms with Crippen molar-refractivity contribution >= 4 is 5.91 Å². The zero-order valence-corrected chi connectivity index (χ0v) is 17.7. The van der Waals surface area contributed by atoms with E-state index in [0.29, 0.717) is 24.8 Å². The summed E-state index contributed by atoms with van der Waals surface area (Å²) >= 11 is 0. The van der Waals surface area contributed by atoms with Gasteiger partial charge >= 0.3 is 0 Å². The first kappa shape index (κ1) is 20.5. The summed E-state index contributed by atoms with van der Waals surface area (Å²) < 4.78 is 14.3. The molecule has 4 aliphatic rings. The fourth-order valence-corrected chi connectivity index (χ4v) is 6.16. The van der Waals surface area contributed by atoms with Crippen molar-refractivity contribution in [2.24, 2.45) is 11.8 Å². The van der Waals surface area contributed by atoms with Gasteiger partial charge in [0, 0.05) is 37.1 Å². The molecule has 0 bridgehead atoms. The Bertz CT molecular complexity index is 529. The largest absolute Gasteiger partial charge is 0.352 e. The molecule has 0 radical (unpaired) electrons. The third-order valence-corrected chi connectivity index (χ3v) is 7.92. The lowest BCUT2D eigenvalue weighted by Crippen LogP contribution is -2.51. The lowest BCUT2D eigenvalue weighted by atomic mass is 9.77. The number of rotatable bonds is 3. The number of carbonyl (C=O) groups excluding carboxylic acids is 1. The van der Waals surface area contributed by atoms with Gasteiger partial charge in [-0.3, -0.25) is 9.69 Å². The van der Waals surface area contributed by atoms with Crippen LogP contribution in [0.25, 0.3) is 0 Å². The van der Waals surface area contributed by atoms with Crippen molar-refractivity contribution < 1.29 is 9.18 Å². The van der Waals surface area contributed by atoms with Crippen molar-refractivity contribution in [3.05, 3.63) is 0 Å². The van der Waals surface area contributed by atoms with Crippen LogP contribution in [0.1, 0.15) is 58.3 Å². The monoisotopic (exact) mass is 394 g/mol. The molecule has 5 nitrogen and oxygen atoms in total. The van der Waals surface area contributed by atoms with E-state index in [4.69, 9.17) is 0 Å². The topological polar surface area (TPSA) is 47.6 Å².